The van der Waals surface area contributed by atoms with Crippen LogP contribution in [0.25, 0.3) is 0 Å². The monoisotopic (exact) mass is 316 g/mol. The van der Waals surface area contributed by atoms with Crippen molar-refractivity contribution in [1.82, 2.24) is 19.5 Å². The molecule has 20 heavy (non-hydrogen) atoms. The van der Waals surface area contributed by atoms with E-state index in [1.54, 1.807) is 6.92 Å². The van der Waals surface area contributed by atoms with E-state index in [1.807, 2.05) is 12.3 Å². The van der Waals surface area contributed by atoms with Gasteiger partial charge in [0.2, 0.25) is 0 Å². The third-order valence-corrected chi connectivity index (χ3v) is 5.50. The molecule has 0 fully saturated rings. The fraction of sp³-hybridized carbons (Fsp3) is 0.455. The predicted octanol–water partition coefficient (Wildman–Crippen LogP) is 0.796. The van der Waals surface area contributed by atoms with E-state index < -0.39 is 10.0 Å². The maximum absolute atomic E-state index is 12.4. The van der Waals surface area contributed by atoms with Crippen molar-refractivity contribution in [3.8, 4) is 0 Å². The summed E-state index contributed by atoms with van der Waals surface area (Å²) in [6, 6.07) is 0. The Kier molecular flexibility index (Phi) is 4.23. The smallest absolute Gasteiger partial charge is 0.262 e. The van der Waals surface area contributed by atoms with Gasteiger partial charge in [-0.2, -0.15) is 9.40 Å². The summed E-state index contributed by atoms with van der Waals surface area (Å²) < 4.78 is 26.1. The van der Waals surface area contributed by atoms with Crippen molar-refractivity contribution in [2.75, 3.05) is 7.05 Å². The lowest BCUT2D eigenvalue weighted by Crippen LogP contribution is -2.27. The van der Waals surface area contributed by atoms with E-state index in [2.05, 4.69) is 15.2 Å². The summed E-state index contributed by atoms with van der Waals surface area (Å²) in [6.07, 6.45) is 0. The summed E-state index contributed by atoms with van der Waals surface area (Å²) in [4.78, 5) is 4.24. The van der Waals surface area contributed by atoms with Gasteiger partial charge in [-0.15, -0.1) is 11.3 Å². The van der Waals surface area contributed by atoms with Crippen molar-refractivity contribution in [3.63, 3.8) is 0 Å². The zero-order valence-electron chi connectivity index (χ0n) is 11.4. The number of aromatic nitrogens is 3. The Morgan fingerprint density at radius 2 is 2.15 bits per heavy atom. The Balaban J connectivity index is 2.29. The van der Waals surface area contributed by atoms with Gasteiger partial charge in [0.05, 0.1) is 23.9 Å². The molecule has 2 rings (SSSR count). The molecule has 0 amide bonds. The van der Waals surface area contributed by atoms with E-state index in [-0.39, 0.29) is 18.2 Å². The minimum Gasteiger partial charge on any atom is -0.392 e. The number of aromatic amines is 1. The van der Waals surface area contributed by atoms with Gasteiger partial charge in [-0.05, 0) is 13.8 Å². The number of aliphatic hydroxyl groups excluding tert-OH is 1. The number of nitrogens with zero attached hydrogens (tertiary/aromatic N) is 3. The van der Waals surface area contributed by atoms with Gasteiger partial charge in [0.1, 0.15) is 0 Å². The lowest BCUT2D eigenvalue weighted by Gasteiger charge is -2.15. The average molecular weight is 316 g/mol. The molecule has 7 nitrogen and oxygen atoms in total. The first-order valence-electron chi connectivity index (χ1n) is 5.88. The molecule has 2 N–H and O–H groups in total. The predicted molar refractivity (Wildman–Crippen MR) is 74.8 cm³/mol. The molecule has 0 spiro atoms. The number of hydrogen-bond acceptors (Lipinski definition) is 6. The molecule has 0 bridgehead atoms. The molecule has 0 aliphatic rings. The van der Waals surface area contributed by atoms with Crippen LogP contribution >= 0.6 is 11.3 Å². The quantitative estimate of drug-likeness (QED) is 0.850. The van der Waals surface area contributed by atoms with Gasteiger partial charge < -0.3 is 5.11 Å². The molecule has 2 aromatic heterocycles. The summed E-state index contributed by atoms with van der Waals surface area (Å²) in [5.41, 5.74) is 1.53. The van der Waals surface area contributed by atoms with Gasteiger partial charge in [-0.3, -0.25) is 5.10 Å². The maximum Gasteiger partial charge on any atom is 0.262 e. The number of nitrogens with one attached hydrogen (secondary N) is 1. The van der Waals surface area contributed by atoms with Gasteiger partial charge in [-0.25, -0.2) is 13.4 Å². The van der Waals surface area contributed by atoms with Gasteiger partial charge >= 0.3 is 0 Å². The van der Waals surface area contributed by atoms with E-state index in [0.717, 1.165) is 5.01 Å². The fourth-order valence-electron chi connectivity index (χ4n) is 1.77. The Morgan fingerprint density at radius 1 is 1.45 bits per heavy atom. The Labute approximate surface area is 121 Å². The van der Waals surface area contributed by atoms with Crippen molar-refractivity contribution in [2.24, 2.45) is 0 Å². The van der Waals surface area contributed by atoms with Crippen molar-refractivity contribution >= 4 is 21.4 Å². The SMILES string of the molecule is Cc1nc(CN(C)S(=O)(=O)c2n[nH]c(C)c2CO)cs1. The van der Waals surface area contributed by atoms with Crippen molar-refractivity contribution in [3.05, 3.63) is 27.3 Å². The highest BCUT2D eigenvalue weighted by Gasteiger charge is 2.28. The second kappa shape index (κ2) is 5.60. The number of aliphatic hydroxyl groups is 1. The molecule has 2 heterocycles. The lowest BCUT2D eigenvalue weighted by atomic mass is 10.3. The van der Waals surface area contributed by atoms with Crippen LogP contribution in [0.1, 0.15) is 22.0 Å². The first-order valence-corrected chi connectivity index (χ1v) is 8.20. The second-order valence-corrected chi connectivity index (χ2v) is 7.43. The van der Waals surface area contributed by atoms with Gasteiger partial charge in [-0.1, -0.05) is 0 Å². The summed E-state index contributed by atoms with van der Waals surface area (Å²) in [6.45, 7) is 3.33. The molecular weight excluding hydrogens is 300 g/mol. The standard InChI is InChI=1S/C11H16N4O3S2/c1-7-10(5-16)11(14-13-7)20(17,18)15(3)4-9-6-19-8(2)12-9/h6,16H,4-5H2,1-3H3,(H,13,14). The summed E-state index contributed by atoms with van der Waals surface area (Å²) in [5, 5.41) is 18.2. The second-order valence-electron chi connectivity index (χ2n) is 4.41. The van der Waals surface area contributed by atoms with Crippen molar-refractivity contribution in [2.45, 2.75) is 32.0 Å². The molecule has 0 radical (unpaired) electrons. The van der Waals surface area contributed by atoms with Crippen LogP contribution < -0.4 is 0 Å². The van der Waals surface area contributed by atoms with Crippen molar-refractivity contribution < 1.29 is 13.5 Å². The van der Waals surface area contributed by atoms with Gasteiger partial charge in [0.25, 0.3) is 10.0 Å². The van der Waals surface area contributed by atoms with Crippen LogP contribution in [0.15, 0.2) is 10.4 Å². The molecule has 0 aliphatic carbocycles. The van der Waals surface area contributed by atoms with Crippen LogP contribution in [0.5, 0.6) is 0 Å². The molecule has 0 atom stereocenters. The highest BCUT2D eigenvalue weighted by atomic mass is 32.2. The van der Waals surface area contributed by atoms with E-state index >= 15 is 0 Å². The number of H-pyrrole nitrogens is 1. The average Bonchev–Trinajstić information content (AvgIpc) is 2.95. The van der Waals surface area contributed by atoms with Crippen LogP contribution in [0.4, 0.5) is 0 Å². The molecule has 0 aromatic carbocycles. The Hall–Kier alpha value is -1.29. The molecule has 0 saturated heterocycles. The first-order chi connectivity index (χ1) is 9.36. The van der Waals surface area contributed by atoms with Gasteiger partial charge in [0.15, 0.2) is 5.03 Å². The molecule has 0 unspecified atom stereocenters. The van der Waals surface area contributed by atoms with Crippen LogP contribution in [0.3, 0.4) is 0 Å². The minimum atomic E-state index is -3.75. The highest BCUT2D eigenvalue weighted by Crippen LogP contribution is 2.21. The largest absolute Gasteiger partial charge is 0.392 e. The van der Waals surface area contributed by atoms with Crippen LogP contribution in [0.2, 0.25) is 0 Å². The van der Waals surface area contributed by atoms with Crippen molar-refractivity contribution in [1.29, 1.82) is 0 Å². The number of aryl methyl sites for hydroxylation is 2. The molecule has 9 heteroatoms. The van der Waals surface area contributed by atoms with E-state index in [0.29, 0.717) is 17.0 Å². The van der Waals surface area contributed by atoms with Gasteiger partial charge in [0, 0.05) is 23.7 Å². The van der Waals surface area contributed by atoms with Crippen LogP contribution in [0, 0.1) is 13.8 Å². The molecule has 0 saturated carbocycles. The Morgan fingerprint density at radius 3 is 2.70 bits per heavy atom. The molecule has 0 aliphatic heterocycles. The Bertz CT molecular complexity index is 705. The number of sulfonamides is 1. The number of thiazole rings is 1. The van der Waals surface area contributed by atoms with E-state index in [9.17, 15) is 13.5 Å². The van der Waals surface area contributed by atoms with Crippen LogP contribution in [-0.4, -0.2) is 40.1 Å². The van der Waals surface area contributed by atoms with E-state index in [4.69, 9.17) is 0 Å². The fourth-order valence-corrected chi connectivity index (χ4v) is 3.66. The van der Waals surface area contributed by atoms with Crippen LogP contribution in [-0.2, 0) is 23.2 Å². The maximum atomic E-state index is 12.4. The molecule has 2 aromatic rings. The normalized spacial score (nSPS) is 12.2. The minimum absolute atomic E-state index is 0.132. The zero-order chi connectivity index (χ0) is 14.9. The number of hydrogen-bond donors (Lipinski definition) is 2. The number of rotatable bonds is 5. The molecule has 110 valence electrons. The zero-order valence-corrected chi connectivity index (χ0v) is 13.0. The third-order valence-electron chi connectivity index (χ3n) is 2.90. The molecular formula is C11H16N4O3S2. The first kappa shape index (κ1) is 15.1. The highest BCUT2D eigenvalue weighted by molar-refractivity contribution is 7.89. The summed E-state index contributed by atoms with van der Waals surface area (Å²) in [7, 11) is -2.29. The lowest BCUT2D eigenvalue weighted by molar-refractivity contribution is 0.277. The summed E-state index contributed by atoms with van der Waals surface area (Å²) >= 11 is 1.47. The third kappa shape index (κ3) is 2.75. The summed E-state index contributed by atoms with van der Waals surface area (Å²) in [5.74, 6) is 0. The topological polar surface area (TPSA) is 99.2 Å². The van der Waals surface area contributed by atoms with E-state index in [1.165, 1.54) is 22.7 Å².